The first-order chi connectivity index (χ1) is 8.17. The van der Waals surface area contributed by atoms with Crippen molar-refractivity contribution in [1.29, 1.82) is 0 Å². The lowest BCUT2D eigenvalue weighted by molar-refractivity contribution is -0.132. The largest absolute Gasteiger partial charge is 0.396 e. The zero-order chi connectivity index (χ0) is 12.7. The highest BCUT2D eigenvalue weighted by Crippen LogP contribution is 2.00. The number of hydrogen-bond donors (Lipinski definition) is 1. The molecule has 0 unspecified atom stereocenters. The minimum atomic E-state index is -0.0370. The molecule has 2 N–H and O–H groups in total. The average molecular weight is 238 g/mol. The van der Waals surface area contributed by atoms with Crippen molar-refractivity contribution in [3.8, 4) is 0 Å². The van der Waals surface area contributed by atoms with Crippen LogP contribution in [0.4, 0.5) is 5.69 Å². The second-order valence-corrected chi connectivity index (χ2v) is 3.59. The van der Waals surface area contributed by atoms with E-state index in [0.717, 1.165) is 0 Å². The molecule has 0 spiro atoms. The van der Waals surface area contributed by atoms with Gasteiger partial charge in [-0.3, -0.25) is 9.48 Å². The van der Waals surface area contributed by atoms with Crippen LogP contribution in [0.25, 0.3) is 0 Å². The Morgan fingerprint density at radius 1 is 1.76 bits per heavy atom. The Labute approximate surface area is 101 Å². The second-order valence-electron chi connectivity index (χ2n) is 3.59. The van der Waals surface area contributed by atoms with Gasteiger partial charge >= 0.3 is 0 Å². The minimum absolute atomic E-state index is 0.0370. The van der Waals surface area contributed by atoms with Crippen molar-refractivity contribution in [2.45, 2.75) is 6.54 Å². The van der Waals surface area contributed by atoms with Crippen molar-refractivity contribution >= 4 is 11.6 Å². The molecule has 1 amide bonds. The Morgan fingerprint density at radius 3 is 3.06 bits per heavy atom. The Kier molecular flexibility index (Phi) is 5.22. The molecule has 0 atom stereocenters. The first kappa shape index (κ1) is 13.2. The maximum Gasteiger partial charge on any atom is 0.244 e. The fourth-order valence-electron chi connectivity index (χ4n) is 1.38. The summed E-state index contributed by atoms with van der Waals surface area (Å²) in [6.45, 7) is 5.34. The molecule has 1 rings (SSSR count). The number of nitrogen functional groups attached to an aromatic ring is 1. The van der Waals surface area contributed by atoms with Gasteiger partial charge in [-0.2, -0.15) is 5.10 Å². The summed E-state index contributed by atoms with van der Waals surface area (Å²) in [6, 6.07) is 0. The van der Waals surface area contributed by atoms with E-state index >= 15 is 0 Å². The lowest BCUT2D eigenvalue weighted by Crippen LogP contribution is -2.36. The van der Waals surface area contributed by atoms with Crippen molar-refractivity contribution < 1.29 is 9.53 Å². The normalized spacial score (nSPS) is 10.2. The van der Waals surface area contributed by atoms with Gasteiger partial charge in [-0.25, -0.2) is 0 Å². The van der Waals surface area contributed by atoms with Crippen LogP contribution in [0, 0.1) is 0 Å². The Morgan fingerprint density at radius 2 is 2.53 bits per heavy atom. The van der Waals surface area contributed by atoms with Gasteiger partial charge in [0.15, 0.2) is 0 Å². The van der Waals surface area contributed by atoms with Gasteiger partial charge in [0.2, 0.25) is 5.91 Å². The topological polar surface area (TPSA) is 73.4 Å². The zero-order valence-electron chi connectivity index (χ0n) is 10.0. The molecule has 94 valence electrons. The van der Waals surface area contributed by atoms with Crippen LogP contribution in [-0.4, -0.2) is 47.4 Å². The van der Waals surface area contributed by atoms with Crippen LogP contribution in [0.1, 0.15) is 0 Å². The molecule has 1 aromatic heterocycles. The van der Waals surface area contributed by atoms with Crippen LogP contribution in [0.5, 0.6) is 0 Å². The first-order valence-electron chi connectivity index (χ1n) is 5.33. The van der Waals surface area contributed by atoms with Crippen LogP contribution in [0.2, 0.25) is 0 Å². The number of carbonyl (C=O) groups excluding carboxylic acids is 1. The summed E-state index contributed by atoms with van der Waals surface area (Å²) in [6.07, 6.45) is 4.82. The van der Waals surface area contributed by atoms with Gasteiger partial charge in [0.1, 0.15) is 6.54 Å². The quantitative estimate of drug-likeness (QED) is 0.685. The number of aromatic nitrogens is 2. The number of nitrogens with zero attached hydrogens (tertiary/aromatic N) is 3. The molecule has 0 bridgehead atoms. The summed E-state index contributed by atoms with van der Waals surface area (Å²) in [5, 5.41) is 3.97. The predicted octanol–water partition coefficient (Wildman–Crippen LogP) is 0.126. The highest BCUT2D eigenvalue weighted by molar-refractivity contribution is 5.76. The number of hydrogen-bond acceptors (Lipinski definition) is 4. The van der Waals surface area contributed by atoms with Crippen LogP contribution < -0.4 is 5.73 Å². The van der Waals surface area contributed by atoms with E-state index in [9.17, 15) is 4.79 Å². The van der Waals surface area contributed by atoms with Gasteiger partial charge in [-0.15, -0.1) is 6.58 Å². The van der Waals surface area contributed by atoms with Crippen molar-refractivity contribution in [2.75, 3.05) is 32.5 Å². The minimum Gasteiger partial charge on any atom is -0.396 e. The van der Waals surface area contributed by atoms with Crippen molar-refractivity contribution in [3.63, 3.8) is 0 Å². The molecular weight excluding hydrogens is 220 g/mol. The van der Waals surface area contributed by atoms with E-state index in [0.29, 0.717) is 25.4 Å². The molecule has 0 aliphatic heterocycles. The van der Waals surface area contributed by atoms with Crippen LogP contribution >= 0.6 is 0 Å². The number of rotatable bonds is 7. The van der Waals surface area contributed by atoms with Crippen molar-refractivity contribution in [3.05, 3.63) is 25.0 Å². The Hall–Kier alpha value is -1.82. The SMILES string of the molecule is C=CCN(CCOC)C(=O)Cn1cc(N)cn1. The van der Waals surface area contributed by atoms with E-state index in [1.165, 1.54) is 10.9 Å². The third kappa shape index (κ3) is 4.28. The molecule has 1 heterocycles. The molecule has 1 aromatic rings. The van der Waals surface area contributed by atoms with Crippen LogP contribution in [0.15, 0.2) is 25.0 Å². The number of methoxy groups -OCH3 is 1. The fraction of sp³-hybridized carbons (Fsp3) is 0.455. The number of carbonyl (C=O) groups is 1. The van der Waals surface area contributed by atoms with Gasteiger partial charge in [-0.1, -0.05) is 6.08 Å². The number of anilines is 1. The molecule has 0 radical (unpaired) electrons. The molecule has 0 saturated heterocycles. The monoisotopic (exact) mass is 238 g/mol. The molecule has 17 heavy (non-hydrogen) atoms. The summed E-state index contributed by atoms with van der Waals surface area (Å²) >= 11 is 0. The van der Waals surface area contributed by atoms with Gasteiger partial charge in [0, 0.05) is 26.4 Å². The van der Waals surface area contributed by atoms with E-state index in [-0.39, 0.29) is 12.5 Å². The molecule has 0 aromatic carbocycles. The summed E-state index contributed by atoms with van der Waals surface area (Å²) in [4.78, 5) is 13.6. The molecule has 0 aliphatic carbocycles. The van der Waals surface area contributed by atoms with E-state index in [1.807, 2.05) is 0 Å². The van der Waals surface area contributed by atoms with Gasteiger partial charge in [0.05, 0.1) is 18.5 Å². The summed E-state index contributed by atoms with van der Waals surface area (Å²) < 4.78 is 6.47. The number of amides is 1. The maximum absolute atomic E-state index is 11.9. The standard InChI is InChI=1S/C11H18N4O2/c1-3-4-14(5-6-17-2)11(16)9-15-8-10(12)7-13-15/h3,7-8H,1,4-6,9,12H2,2H3. The predicted molar refractivity (Wildman–Crippen MR) is 65.3 cm³/mol. The molecule has 6 nitrogen and oxygen atoms in total. The average Bonchev–Trinajstić information content (AvgIpc) is 2.70. The van der Waals surface area contributed by atoms with E-state index in [1.54, 1.807) is 24.3 Å². The fourth-order valence-corrected chi connectivity index (χ4v) is 1.38. The third-order valence-electron chi connectivity index (χ3n) is 2.22. The molecule has 0 fully saturated rings. The molecule has 6 heteroatoms. The van der Waals surface area contributed by atoms with Crippen molar-refractivity contribution in [2.24, 2.45) is 0 Å². The molecular formula is C11H18N4O2. The highest BCUT2D eigenvalue weighted by Gasteiger charge is 2.12. The smallest absolute Gasteiger partial charge is 0.244 e. The second kappa shape index (κ2) is 6.70. The summed E-state index contributed by atoms with van der Waals surface area (Å²) in [5.74, 6) is -0.0370. The summed E-state index contributed by atoms with van der Waals surface area (Å²) in [7, 11) is 1.60. The lowest BCUT2D eigenvalue weighted by Gasteiger charge is -2.20. The van der Waals surface area contributed by atoms with Gasteiger partial charge in [0.25, 0.3) is 0 Å². The van der Waals surface area contributed by atoms with Crippen molar-refractivity contribution in [1.82, 2.24) is 14.7 Å². The Bertz CT molecular complexity index is 375. The maximum atomic E-state index is 11.9. The van der Waals surface area contributed by atoms with E-state index in [4.69, 9.17) is 10.5 Å². The lowest BCUT2D eigenvalue weighted by atomic mass is 10.4. The highest BCUT2D eigenvalue weighted by atomic mass is 16.5. The van der Waals surface area contributed by atoms with E-state index < -0.39 is 0 Å². The van der Waals surface area contributed by atoms with Crippen LogP contribution in [0.3, 0.4) is 0 Å². The van der Waals surface area contributed by atoms with Gasteiger partial charge in [-0.05, 0) is 0 Å². The number of nitrogens with two attached hydrogens (primary N) is 1. The summed E-state index contributed by atoms with van der Waals surface area (Å²) in [5.41, 5.74) is 6.07. The Balaban J connectivity index is 2.54. The number of ether oxygens (including phenoxy) is 1. The zero-order valence-corrected chi connectivity index (χ0v) is 10.0. The first-order valence-corrected chi connectivity index (χ1v) is 5.33. The molecule has 0 saturated carbocycles. The molecule has 0 aliphatic rings. The van der Waals surface area contributed by atoms with Gasteiger partial charge < -0.3 is 15.4 Å². The van der Waals surface area contributed by atoms with Crippen LogP contribution in [-0.2, 0) is 16.1 Å². The third-order valence-corrected chi connectivity index (χ3v) is 2.22. The van der Waals surface area contributed by atoms with E-state index in [2.05, 4.69) is 11.7 Å².